The van der Waals surface area contributed by atoms with E-state index in [4.69, 9.17) is 10.5 Å². The zero-order valence-corrected chi connectivity index (χ0v) is 13.9. The summed E-state index contributed by atoms with van der Waals surface area (Å²) in [5.74, 6) is -8.27. The van der Waals surface area contributed by atoms with Crippen molar-refractivity contribution in [1.82, 2.24) is 0 Å². The van der Waals surface area contributed by atoms with Crippen LogP contribution in [0.4, 0.5) is 17.6 Å². The number of benzene rings is 1. The lowest BCUT2D eigenvalue weighted by Crippen LogP contribution is -2.39. The van der Waals surface area contributed by atoms with Crippen molar-refractivity contribution in [2.75, 3.05) is 13.2 Å². The van der Waals surface area contributed by atoms with Crippen LogP contribution in [0.1, 0.15) is 26.7 Å². The first-order chi connectivity index (χ1) is 11.6. The van der Waals surface area contributed by atoms with Gasteiger partial charge in [0.25, 0.3) is 0 Å². The number of carbonyl (C=O) groups is 1. The molecule has 0 aliphatic carbocycles. The zero-order chi connectivity index (χ0) is 19.1. The van der Waals surface area contributed by atoms with Crippen LogP contribution in [-0.4, -0.2) is 36.4 Å². The molecule has 25 heavy (non-hydrogen) atoms. The molecule has 3 N–H and O–H groups in total. The molecule has 2 atom stereocenters. The second-order valence-electron chi connectivity index (χ2n) is 5.96. The van der Waals surface area contributed by atoms with Gasteiger partial charge in [0.2, 0.25) is 11.6 Å². The summed E-state index contributed by atoms with van der Waals surface area (Å²) >= 11 is 0. The molecule has 1 unspecified atom stereocenters. The number of hydrogen-bond donors (Lipinski definition) is 2. The summed E-state index contributed by atoms with van der Waals surface area (Å²) < 4.78 is 62.5. The Morgan fingerprint density at radius 1 is 1.16 bits per heavy atom. The van der Waals surface area contributed by atoms with Gasteiger partial charge in [0.1, 0.15) is 12.7 Å². The summed E-state index contributed by atoms with van der Waals surface area (Å²) in [4.78, 5) is 11.4. The van der Waals surface area contributed by atoms with Gasteiger partial charge < -0.3 is 20.3 Å². The first-order valence-electron chi connectivity index (χ1n) is 7.68. The Hall–Kier alpha value is -1.87. The molecular weight excluding hydrogens is 346 g/mol. The molecule has 0 aromatic heterocycles. The molecule has 0 saturated heterocycles. The Kier molecular flexibility index (Phi) is 8.11. The van der Waals surface area contributed by atoms with Crippen LogP contribution >= 0.6 is 0 Å². The second-order valence-corrected chi connectivity index (χ2v) is 5.96. The maximum absolute atomic E-state index is 13.4. The minimum absolute atomic E-state index is 0.0317. The first kappa shape index (κ1) is 21.2. The normalized spacial score (nSPS) is 13.6. The Labute approximate surface area is 142 Å². The quantitative estimate of drug-likeness (QED) is 0.398. The van der Waals surface area contributed by atoms with Crippen LogP contribution in [0.5, 0.6) is 5.75 Å². The van der Waals surface area contributed by atoms with Crippen LogP contribution in [0, 0.1) is 29.2 Å². The highest BCUT2D eigenvalue weighted by molar-refractivity contribution is 5.69. The van der Waals surface area contributed by atoms with Gasteiger partial charge in [-0.3, -0.25) is 4.79 Å². The largest absolute Gasteiger partial charge is 0.485 e. The molecule has 0 bridgehead atoms. The molecule has 0 radical (unpaired) electrons. The Morgan fingerprint density at radius 3 is 2.24 bits per heavy atom. The standard InChI is InChI=1S/C16H21F4NO4/c1-8(2)6-24-13(23)4-3-11(21)12(22)7-25-16-14(19)9(17)5-10(18)15(16)20/h5,8,11-12,22H,3-4,6-7,21H2,1-2H3/t11-,12?/m0/s1. The molecule has 1 aromatic rings. The first-order valence-corrected chi connectivity index (χ1v) is 7.68. The predicted octanol–water partition coefficient (Wildman–Crippen LogP) is 2.29. The average molecular weight is 367 g/mol. The third-order valence-corrected chi connectivity index (χ3v) is 3.22. The maximum Gasteiger partial charge on any atom is 0.305 e. The van der Waals surface area contributed by atoms with Gasteiger partial charge in [0.15, 0.2) is 17.4 Å². The van der Waals surface area contributed by atoms with Crippen molar-refractivity contribution in [3.8, 4) is 5.75 Å². The lowest BCUT2D eigenvalue weighted by atomic mass is 10.1. The molecule has 1 rings (SSSR count). The predicted molar refractivity (Wildman–Crippen MR) is 80.8 cm³/mol. The van der Waals surface area contributed by atoms with Crippen molar-refractivity contribution in [2.45, 2.75) is 38.8 Å². The van der Waals surface area contributed by atoms with E-state index in [1.165, 1.54) is 0 Å². The van der Waals surface area contributed by atoms with E-state index in [9.17, 15) is 27.5 Å². The van der Waals surface area contributed by atoms with E-state index in [0.29, 0.717) is 0 Å². The highest BCUT2D eigenvalue weighted by atomic mass is 19.2. The average Bonchev–Trinajstić information content (AvgIpc) is 2.55. The van der Waals surface area contributed by atoms with E-state index in [1.807, 2.05) is 13.8 Å². The SMILES string of the molecule is CC(C)COC(=O)CC[C@H](N)C(O)COc1c(F)c(F)cc(F)c1F. The molecule has 0 aliphatic rings. The number of aliphatic hydroxyl groups is 1. The summed E-state index contributed by atoms with van der Waals surface area (Å²) in [6.45, 7) is 3.28. The molecule has 0 heterocycles. The molecule has 1 aromatic carbocycles. The van der Waals surface area contributed by atoms with E-state index < -0.39 is 53.7 Å². The van der Waals surface area contributed by atoms with Crippen molar-refractivity contribution < 1.29 is 36.9 Å². The topological polar surface area (TPSA) is 81.8 Å². The highest BCUT2D eigenvalue weighted by Crippen LogP contribution is 2.26. The summed E-state index contributed by atoms with van der Waals surface area (Å²) in [6, 6.07) is -0.918. The van der Waals surface area contributed by atoms with Gasteiger partial charge in [-0.05, 0) is 12.3 Å². The van der Waals surface area contributed by atoms with Gasteiger partial charge >= 0.3 is 5.97 Å². The number of ether oxygens (including phenoxy) is 2. The van der Waals surface area contributed by atoms with E-state index in [-0.39, 0.29) is 31.4 Å². The third-order valence-electron chi connectivity index (χ3n) is 3.22. The van der Waals surface area contributed by atoms with Crippen LogP contribution in [0.25, 0.3) is 0 Å². The smallest absolute Gasteiger partial charge is 0.305 e. The van der Waals surface area contributed by atoms with Gasteiger partial charge in [-0.15, -0.1) is 0 Å². The van der Waals surface area contributed by atoms with Crippen molar-refractivity contribution in [3.63, 3.8) is 0 Å². The van der Waals surface area contributed by atoms with Gasteiger partial charge in [-0.25, -0.2) is 8.78 Å². The summed E-state index contributed by atoms with van der Waals surface area (Å²) in [5.41, 5.74) is 5.65. The fourth-order valence-electron chi connectivity index (χ4n) is 1.78. The number of nitrogens with two attached hydrogens (primary N) is 1. The van der Waals surface area contributed by atoms with Crippen molar-refractivity contribution in [3.05, 3.63) is 29.3 Å². The van der Waals surface area contributed by atoms with E-state index in [0.717, 1.165) is 0 Å². The Balaban J connectivity index is 2.51. The monoisotopic (exact) mass is 367 g/mol. The van der Waals surface area contributed by atoms with Crippen molar-refractivity contribution >= 4 is 5.97 Å². The van der Waals surface area contributed by atoms with E-state index >= 15 is 0 Å². The van der Waals surface area contributed by atoms with Crippen LogP contribution in [0.3, 0.4) is 0 Å². The minimum Gasteiger partial charge on any atom is -0.485 e. The van der Waals surface area contributed by atoms with Crippen molar-refractivity contribution in [2.24, 2.45) is 11.7 Å². The number of halogens is 4. The lowest BCUT2D eigenvalue weighted by molar-refractivity contribution is -0.145. The molecule has 0 aliphatic heterocycles. The summed E-state index contributed by atoms with van der Waals surface area (Å²) in [6.07, 6.45) is -1.45. The fourth-order valence-corrected chi connectivity index (χ4v) is 1.78. The van der Waals surface area contributed by atoms with Crippen LogP contribution < -0.4 is 10.5 Å². The summed E-state index contributed by atoms with van der Waals surface area (Å²) in [5, 5.41) is 9.80. The number of rotatable bonds is 9. The van der Waals surface area contributed by atoms with Crippen molar-refractivity contribution in [1.29, 1.82) is 0 Å². The molecule has 9 heteroatoms. The van der Waals surface area contributed by atoms with Gasteiger partial charge in [0, 0.05) is 18.5 Å². The van der Waals surface area contributed by atoms with Crippen LogP contribution in [-0.2, 0) is 9.53 Å². The molecule has 0 spiro atoms. The molecular formula is C16H21F4NO4. The van der Waals surface area contributed by atoms with E-state index in [2.05, 4.69) is 4.74 Å². The molecule has 0 fully saturated rings. The number of aliphatic hydroxyl groups excluding tert-OH is 1. The molecule has 0 amide bonds. The molecule has 5 nitrogen and oxygen atoms in total. The molecule has 142 valence electrons. The Bertz CT molecular complexity index is 572. The zero-order valence-electron chi connectivity index (χ0n) is 13.9. The lowest BCUT2D eigenvalue weighted by Gasteiger charge is -2.19. The molecule has 0 saturated carbocycles. The van der Waals surface area contributed by atoms with Gasteiger partial charge in [-0.1, -0.05) is 13.8 Å². The van der Waals surface area contributed by atoms with Crippen LogP contribution in [0.2, 0.25) is 0 Å². The highest BCUT2D eigenvalue weighted by Gasteiger charge is 2.23. The minimum atomic E-state index is -1.71. The number of carbonyl (C=O) groups excluding carboxylic acids is 1. The van der Waals surface area contributed by atoms with Crippen LogP contribution in [0.15, 0.2) is 6.07 Å². The number of esters is 1. The third kappa shape index (κ3) is 6.50. The number of hydrogen-bond acceptors (Lipinski definition) is 5. The fraction of sp³-hybridized carbons (Fsp3) is 0.562. The van der Waals surface area contributed by atoms with E-state index in [1.54, 1.807) is 0 Å². The Morgan fingerprint density at radius 2 is 1.72 bits per heavy atom. The second kappa shape index (κ2) is 9.57. The summed E-state index contributed by atoms with van der Waals surface area (Å²) in [7, 11) is 0. The maximum atomic E-state index is 13.4. The van der Waals surface area contributed by atoms with Gasteiger partial charge in [0.05, 0.1) is 6.61 Å². The van der Waals surface area contributed by atoms with Gasteiger partial charge in [-0.2, -0.15) is 8.78 Å².